The monoisotopic (exact) mass is 265 g/mol. The van der Waals surface area contributed by atoms with Crippen molar-refractivity contribution in [3.63, 3.8) is 0 Å². The van der Waals surface area contributed by atoms with Gasteiger partial charge in [-0.05, 0) is 38.5 Å². The fraction of sp³-hybridized carbons (Fsp3) is 0.357. The molecule has 1 aromatic carbocycles. The van der Waals surface area contributed by atoms with Crippen LogP contribution < -0.4 is 5.32 Å². The summed E-state index contributed by atoms with van der Waals surface area (Å²) in [7, 11) is 0. The van der Waals surface area contributed by atoms with Crippen LogP contribution >= 0.6 is 11.6 Å². The molecule has 1 aromatic rings. The molecule has 1 N–H and O–H groups in total. The number of benzene rings is 1. The molecule has 0 fully saturated rings. The number of rotatable bonds is 2. The first-order chi connectivity index (χ1) is 8.31. The van der Waals surface area contributed by atoms with Gasteiger partial charge in [0.05, 0.1) is 10.7 Å². The molecule has 1 rings (SSSR count). The van der Waals surface area contributed by atoms with Crippen LogP contribution in [-0.2, 0) is 11.2 Å². The molecule has 18 heavy (non-hydrogen) atoms. The lowest BCUT2D eigenvalue weighted by Gasteiger charge is -2.20. The van der Waals surface area contributed by atoms with Crippen LogP contribution in [-0.4, -0.2) is 11.7 Å². The summed E-state index contributed by atoms with van der Waals surface area (Å²) in [5.74, 6) is 2.53. The lowest BCUT2D eigenvalue weighted by atomic mass is 10.1. The quantitative estimate of drug-likeness (QED) is 0.825. The first-order valence-electron chi connectivity index (χ1n) is 5.54. The largest absolute Gasteiger partial charge is 0.444 e. The van der Waals surface area contributed by atoms with E-state index in [-0.39, 0.29) is 0 Å². The summed E-state index contributed by atoms with van der Waals surface area (Å²) in [6.45, 7) is 5.39. The number of anilines is 1. The second-order valence-corrected chi connectivity index (χ2v) is 5.23. The highest BCUT2D eigenvalue weighted by molar-refractivity contribution is 6.33. The molecule has 0 aliphatic rings. The minimum Gasteiger partial charge on any atom is -0.444 e. The van der Waals surface area contributed by atoms with Crippen molar-refractivity contribution in [1.29, 1.82) is 0 Å². The zero-order chi connectivity index (χ0) is 13.8. The van der Waals surface area contributed by atoms with Crippen molar-refractivity contribution in [2.45, 2.75) is 32.8 Å². The van der Waals surface area contributed by atoms with Crippen LogP contribution in [0.15, 0.2) is 18.2 Å². The van der Waals surface area contributed by atoms with E-state index < -0.39 is 11.7 Å². The third-order valence-electron chi connectivity index (χ3n) is 1.98. The molecule has 96 valence electrons. The Bertz CT molecular complexity index is 484. The molecule has 0 spiro atoms. The Morgan fingerprint density at radius 2 is 2.17 bits per heavy atom. The maximum Gasteiger partial charge on any atom is 0.412 e. The van der Waals surface area contributed by atoms with Crippen molar-refractivity contribution >= 4 is 23.4 Å². The predicted octanol–water partition coefficient (Wildman–Crippen LogP) is 3.86. The van der Waals surface area contributed by atoms with Crippen LogP contribution in [0.1, 0.15) is 26.3 Å². The van der Waals surface area contributed by atoms with Gasteiger partial charge in [0, 0.05) is 6.42 Å². The lowest BCUT2D eigenvalue weighted by molar-refractivity contribution is 0.0636. The van der Waals surface area contributed by atoms with E-state index in [0.717, 1.165) is 5.56 Å². The Kier molecular flexibility index (Phi) is 4.63. The Morgan fingerprint density at radius 3 is 2.67 bits per heavy atom. The van der Waals surface area contributed by atoms with Crippen LogP contribution in [0.25, 0.3) is 0 Å². The normalized spacial score (nSPS) is 10.6. The summed E-state index contributed by atoms with van der Waals surface area (Å²) in [6, 6.07) is 5.26. The zero-order valence-corrected chi connectivity index (χ0v) is 11.5. The van der Waals surface area contributed by atoms with E-state index in [1.807, 2.05) is 6.07 Å². The third-order valence-corrected chi connectivity index (χ3v) is 2.29. The van der Waals surface area contributed by atoms with Crippen molar-refractivity contribution in [2.75, 3.05) is 5.32 Å². The van der Waals surface area contributed by atoms with Gasteiger partial charge >= 0.3 is 6.09 Å². The highest BCUT2D eigenvalue weighted by Gasteiger charge is 2.16. The smallest absolute Gasteiger partial charge is 0.412 e. The van der Waals surface area contributed by atoms with Gasteiger partial charge in [0.15, 0.2) is 0 Å². The number of amides is 1. The van der Waals surface area contributed by atoms with Gasteiger partial charge in [0.1, 0.15) is 5.60 Å². The van der Waals surface area contributed by atoms with Crippen molar-refractivity contribution in [1.82, 2.24) is 0 Å². The van der Waals surface area contributed by atoms with Gasteiger partial charge in [-0.2, -0.15) is 0 Å². The Morgan fingerprint density at radius 1 is 1.50 bits per heavy atom. The van der Waals surface area contributed by atoms with Gasteiger partial charge in [-0.1, -0.05) is 17.7 Å². The van der Waals surface area contributed by atoms with Gasteiger partial charge in [-0.15, -0.1) is 12.3 Å². The van der Waals surface area contributed by atoms with Gasteiger partial charge in [0.2, 0.25) is 0 Å². The molecular formula is C14H16ClNO2. The number of terminal acetylenes is 1. The Labute approximate surface area is 112 Å². The number of halogens is 1. The number of ether oxygens (including phenoxy) is 1. The van der Waals surface area contributed by atoms with Crippen LogP contribution in [0, 0.1) is 12.3 Å². The third kappa shape index (κ3) is 4.68. The van der Waals surface area contributed by atoms with Gasteiger partial charge in [0.25, 0.3) is 0 Å². The zero-order valence-electron chi connectivity index (χ0n) is 10.7. The van der Waals surface area contributed by atoms with E-state index in [2.05, 4.69) is 11.2 Å². The summed E-state index contributed by atoms with van der Waals surface area (Å²) < 4.78 is 5.13. The summed E-state index contributed by atoms with van der Waals surface area (Å²) in [5.41, 5.74) is 0.892. The summed E-state index contributed by atoms with van der Waals surface area (Å²) in [5, 5.41) is 3.03. The molecule has 0 saturated heterocycles. The number of nitrogens with one attached hydrogen (secondary N) is 1. The Balaban J connectivity index is 2.74. The van der Waals surface area contributed by atoms with E-state index in [9.17, 15) is 4.79 Å². The molecule has 0 saturated carbocycles. The molecule has 0 radical (unpaired) electrons. The number of carbonyl (C=O) groups excluding carboxylic acids is 1. The standard InChI is InChI=1S/C14H16ClNO2/c1-5-6-10-7-8-12(11(15)9-10)16-13(17)18-14(2,3)4/h1,7-9H,6H2,2-4H3,(H,16,17). The second-order valence-electron chi connectivity index (χ2n) is 4.82. The van der Waals surface area contributed by atoms with Crippen molar-refractivity contribution < 1.29 is 9.53 Å². The molecule has 0 atom stereocenters. The van der Waals surface area contributed by atoms with E-state index in [1.165, 1.54) is 0 Å². The fourth-order valence-corrected chi connectivity index (χ4v) is 1.55. The summed E-state index contributed by atoms with van der Waals surface area (Å²) >= 11 is 6.04. The predicted molar refractivity (Wildman–Crippen MR) is 73.8 cm³/mol. The van der Waals surface area contributed by atoms with Crippen molar-refractivity contribution in [3.05, 3.63) is 28.8 Å². The lowest BCUT2D eigenvalue weighted by Crippen LogP contribution is -2.27. The molecule has 0 aromatic heterocycles. The van der Waals surface area contributed by atoms with Gasteiger partial charge in [-0.3, -0.25) is 5.32 Å². The average molecular weight is 266 g/mol. The van der Waals surface area contributed by atoms with Gasteiger partial charge in [-0.25, -0.2) is 4.79 Å². The highest BCUT2D eigenvalue weighted by Crippen LogP contribution is 2.24. The topological polar surface area (TPSA) is 38.3 Å². The Hall–Kier alpha value is -1.66. The first-order valence-corrected chi connectivity index (χ1v) is 5.91. The van der Waals surface area contributed by atoms with Crippen LogP contribution in [0.2, 0.25) is 5.02 Å². The number of carbonyl (C=O) groups is 1. The molecule has 0 unspecified atom stereocenters. The number of hydrogen-bond acceptors (Lipinski definition) is 2. The van der Waals surface area contributed by atoms with E-state index in [0.29, 0.717) is 17.1 Å². The summed E-state index contributed by atoms with van der Waals surface area (Å²) in [4.78, 5) is 11.6. The summed E-state index contributed by atoms with van der Waals surface area (Å²) in [6.07, 6.45) is 5.19. The van der Waals surface area contributed by atoms with Crippen LogP contribution in [0.3, 0.4) is 0 Å². The second kappa shape index (κ2) is 5.79. The molecular weight excluding hydrogens is 250 g/mol. The van der Waals surface area contributed by atoms with E-state index >= 15 is 0 Å². The molecule has 0 bridgehead atoms. The van der Waals surface area contributed by atoms with Gasteiger partial charge < -0.3 is 4.74 Å². The maximum absolute atomic E-state index is 11.6. The molecule has 0 aliphatic carbocycles. The molecule has 0 aliphatic heterocycles. The van der Waals surface area contributed by atoms with Crippen LogP contribution in [0.5, 0.6) is 0 Å². The molecule has 1 amide bonds. The van der Waals surface area contributed by atoms with Crippen molar-refractivity contribution in [2.24, 2.45) is 0 Å². The SMILES string of the molecule is C#CCc1ccc(NC(=O)OC(C)(C)C)c(Cl)c1. The average Bonchev–Trinajstić information content (AvgIpc) is 2.20. The van der Waals surface area contributed by atoms with Crippen molar-refractivity contribution in [3.8, 4) is 12.3 Å². The molecule has 0 heterocycles. The molecule has 3 nitrogen and oxygen atoms in total. The van der Waals surface area contributed by atoms with E-state index in [4.69, 9.17) is 22.8 Å². The minimum atomic E-state index is -0.542. The maximum atomic E-state index is 11.6. The number of hydrogen-bond donors (Lipinski definition) is 1. The van der Waals surface area contributed by atoms with E-state index in [1.54, 1.807) is 32.9 Å². The first kappa shape index (κ1) is 14.4. The van der Waals surface area contributed by atoms with Crippen LogP contribution in [0.4, 0.5) is 10.5 Å². The minimum absolute atomic E-state index is 0.439. The molecule has 4 heteroatoms. The fourth-order valence-electron chi connectivity index (χ4n) is 1.30. The highest BCUT2D eigenvalue weighted by atomic mass is 35.5.